The Morgan fingerprint density at radius 3 is 2.97 bits per heavy atom. The van der Waals surface area contributed by atoms with E-state index in [1.807, 2.05) is 13.0 Å². The molecule has 0 aliphatic carbocycles. The van der Waals surface area contributed by atoms with E-state index in [2.05, 4.69) is 30.6 Å². The molecule has 3 N–H and O–H groups in total. The third-order valence-electron chi connectivity index (χ3n) is 5.31. The highest BCUT2D eigenvalue weighted by molar-refractivity contribution is 7.17. The normalized spacial score (nSPS) is 14.4. The number of hydrogen-bond donors (Lipinski definition) is 3. The van der Waals surface area contributed by atoms with Crippen molar-refractivity contribution < 1.29 is 27.8 Å². The van der Waals surface area contributed by atoms with Crippen LogP contribution in [0, 0.1) is 0 Å². The fourth-order valence-electron chi connectivity index (χ4n) is 3.67. The molecule has 1 aromatic carbocycles. The molecule has 0 bridgehead atoms. The van der Waals surface area contributed by atoms with Crippen molar-refractivity contribution >= 4 is 45.8 Å². The quantitative estimate of drug-likeness (QED) is 0.312. The zero-order valence-electron chi connectivity index (χ0n) is 18.4. The highest BCUT2D eigenvalue weighted by atomic mass is 32.1. The van der Waals surface area contributed by atoms with E-state index in [1.54, 1.807) is 23.0 Å². The number of halogens is 2. The smallest absolute Gasteiger partial charge is 0.423 e. The lowest BCUT2D eigenvalue weighted by Gasteiger charge is -2.24. The number of nitrogens with one attached hydrogen (secondary N) is 3. The van der Waals surface area contributed by atoms with Gasteiger partial charge >= 0.3 is 12.0 Å². The van der Waals surface area contributed by atoms with Gasteiger partial charge in [0.25, 0.3) is 5.91 Å². The first-order chi connectivity index (χ1) is 16.9. The van der Waals surface area contributed by atoms with Crippen molar-refractivity contribution in [2.24, 2.45) is 0 Å². The maximum Gasteiger partial charge on any atom is 0.482 e. The van der Waals surface area contributed by atoms with Gasteiger partial charge in [0.15, 0.2) is 5.75 Å². The number of nitrogens with zero attached hydrogens (tertiary/aromatic N) is 3. The zero-order valence-corrected chi connectivity index (χ0v) is 19.2. The predicted molar refractivity (Wildman–Crippen MR) is 125 cm³/mol. The van der Waals surface area contributed by atoms with Gasteiger partial charge in [-0.05, 0) is 31.5 Å². The molecule has 1 aliphatic heterocycles. The highest BCUT2D eigenvalue weighted by Crippen LogP contribution is 2.39. The lowest BCUT2D eigenvalue weighted by Crippen LogP contribution is -2.43. The molecule has 0 atom stereocenters. The SMILES string of the molecule is CCOCCCn1c(NC(=O)c2ccc(-c3cn[nH]c3)s2)nc2cc3c(cc21)OC(F)(F)C(=O)N3. The van der Waals surface area contributed by atoms with Crippen molar-refractivity contribution in [3.63, 3.8) is 0 Å². The minimum absolute atomic E-state index is 0.0771. The van der Waals surface area contributed by atoms with E-state index in [9.17, 15) is 18.4 Å². The van der Waals surface area contributed by atoms with Gasteiger partial charge in [-0.2, -0.15) is 13.9 Å². The second-order valence-corrected chi connectivity index (χ2v) is 8.74. The van der Waals surface area contributed by atoms with Crippen LogP contribution in [-0.2, 0) is 16.1 Å². The Morgan fingerprint density at radius 2 is 2.20 bits per heavy atom. The van der Waals surface area contributed by atoms with Crippen LogP contribution >= 0.6 is 11.3 Å². The van der Waals surface area contributed by atoms with Crippen LogP contribution in [0.4, 0.5) is 20.4 Å². The van der Waals surface area contributed by atoms with E-state index in [0.29, 0.717) is 42.1 Å². The summed E-state index contributed by atoms with van der Waals surface area (Å²) in [5.74, 6) is -1.87. The molecule has 3 aromatic heterocycles. The van der Waals surface area contributed by atoms with Gasteiger partial charge in [0.05, 0.1) is 27.8 Å². The standard InChI is InChI=1S/C22H20F2N6O4S/c1-2-33-7-3-6-30-15-9-16-14(27-20(32)22(23,24)34-16)8-13(15)28-21(30)29-19(31)18-5-4-17(35-18)12-10-25-26-11-12/h4-5,8-11H,2-3,6-7H2,1H3,(H,25,26)(H,27,32)(H,28,29,31). The van der Waals surface area contributed by atoms with Crippen LogP contribution in [0.15, 0.2) is 36.7 Å². The van der Waals surface area contributed by atoms with Gasteiger partial charge in [-0.15, -0.1) is 11.3 Å². The molecule has 182 valence electrons. The summed E-state index contributed by atoms with van der Waals surface area (Å²) in [6.07, 6.45) is 0.00892. The summed E-state index contributed by atoms with van der Waals surface area (Å²) in [5.41, 5.74) is 1.80. The highest BCUT2D eigenvalue weighted by Gasteiger charge is 2.46. The molecule has 0 radical (unpaired) electrons. The summed E-state index contributed by atoms with van der Waals surface area (Å²) < 4.78 is 39.3. The Kier molecular flexibility index (Phi) is 5.94. The largest absolute Gasteiger partial charge is 0.482 e. The number of thiophene rings is 1. The first-order valence-corrected chi connectivity index (χ1v) is 11.6. The molecule has 0 saturated heterocycles. The first kappa shape index (κ1) is 22.9. The van der Waals surface area contributed by atoms with Crippen molar-refractivity contribution in [1.29, 1.82) is 0 Å². The minimum Gasteiger partial charge on any atom is -0.423 e. The fraction of sp³-hybridized carbons (Fsp3) is 0.273. The number of benzene rings is 1. The average molecular weight is 503 g/mol. The van der Waals surface area contributed by atoms with Gasteiger partial charge in [-0.1, -0.05) is 0 Å². The van der Waals surface area contributed by atoms with E-state index >= 15 is 0 Å². The van der Waals surface area contributed by atoms with Crippen molar-refractivity contribution in [2.75, 3.05) is 23.8 Å². The van der Waals surface area contributed by atoms with Crippen molar-refractivity contribution in [3.8, 4) is 16.2 Å². The van der Waals surface area contributed by atoms with Crippen LogP contribution in [-0.4, -0.2) is 50.9 Å². The van der Waals surface area contributed by atoms with Gasteiger partial charge in [-0.25, -0.2) is 4.98 Å². The number of amides is 2. The van der Waals surface area contributed by atoms with Crippen LogP contribution in [0.5, 0.6) is 5.75 Å². The number of alkyl halides is 2. The third kappa shape index (κ3) is 4.47. The number of carbonyl (C=O) groups is 2. The Labute approximate surface area is 201 Å². The number of fused-ring (bicyclic) bond motifs is 2. The van der Waals surface area contributed by atoms with Gasteiger partial charge in [0.2, 0.25) is 5.95 Å². The molecule has 0 saturated carbocycles. The molecule has 4 aromatic rings. The molecule has 0 spiro atoms. The van der Waals surface area contributed by atoms with Crippen LogP contribution in [0.2, 0.25) is 0 Å². The molecule has 1 aliphatic rings. The number of rotatable bonds is 8. The van der Waals surface area contributed by atoms with Crippen LogP contribution < -0.4 is 15.4 Å². The molecule has 13 heteroatoms. The Balaban J connectivity index is 1.47. The van der Waals surface area contributed by atoms with Gasteiger partial charge in [-0.3, -0.25) is 20.0 Å². The predicted octanol–water partition coefficient (Wildman–Crippen LogP) is 4.09. The van der Waals surface area contributed by atoms with Crippen LogP contribution in [0.25, 0.3) is 21.5 Å². The summed E-state index contributed by atoms with van der Waals surface area (Å²) in [7, 11) is 0. The number of imidazole rings is 1. The summed E-state index contributed by atoms with van der Waals surface area (Å²) in [5, 5.41) is 11.6. The molecule has 4 heterocycles. The molecule has 10 nitrogen and oxygen atoms in total. The fourth-order valence-corrected chi connectivity index (χ4v) is 4.55. The lowest BCUT2D eigenvalue weighted by molar-refractivity contribution is -0.189. The number of H-pyrrole nitrogens is 1. The van der Waals surface area contributed by atoms with Crippen LogP contribution in [0.3, 0.4) is 0 Å². The maximum absolute atomic E-state index is 13.8. The van der Waals surface area contributed by atoms with Gasteiger partial charge in [0, 0.05) is 42.5 Å². The molecular formula is C22H20F2N6O4S. The molecular weight excluding hydrogens is 482 g/mol. The van der Waals surface area contributed by atoms with E-state index < -0.39 is 12.0 Å². The zero-order chi connectivity index (χ0) is 24.6. The number of hydrogen-bond acceptors (Lipinski definition) is 7. The summed E-state index contributed by atoms with van der Waals surface area (Å²) in [4.78, 5) is 30.4. The van der Waals surface area contributed by atoms with Gasteiger partial charge < -0.3 is 19.4 Å². The number of anilines is 2. The summed E-state index contributed by atoms with van der Waals surface area (Å²) in [6.45, 7) is 3.31. The minimum atomic E-state index is -3.98. The van der Waals surface area contributed by atoms with Crippen molar-refractivity contribution in [3.05, 3.63) is 41.5 Å². The average Bonchev–Trinajstić information content (AvgIpc) is 3.56. The summed E-state index contributed by atoms with van der Waals surface area (Å²) in [6, 6.07) is 6.34. The molecule has 5 rings (SSSR count). The number of aromatic amines is 1. The second-order valence-electron chi connectivity index (χ2n) is 7.65. The van der Waals surface area contributed by atoms with E-state index in [4.69, 9.17) is 4.74 Å². The van der Waals surface area contributed by atoms with E-state index in [-0.39, 0.29) is 23.3 Å². The number of aromatic nitrogens is 4. The topological polar surface area (TPSA) is 123 Å². The number of ether oxygens (including phenoxy) is 2. The van der Waals surface area contributed by atoms with E-state index in [0.717, 1.165) is 10.4 Å². The molecule has 35 heavy (non-hydrogen) atoms. The third-order valence-corrected chi connectivity index (χ3v) is 6.45. The molecule has 0 fully saturated rings. The van der Waals surface area contributed by atoms with Crippen molar-refractivity contribution in [2.45, 2.75) is 26.0 Å². The van der Waals surface area contributed by atoms with E-state index in [1.165, 1.54) is 23.5 Å². The van der Waals surface area contributed by atoms with Crippen LogP contribution in [0.1, 0.15) is 23.0 Å². The molecule has 0 unspecified atom stereocenters. The maximum atomic E-state index is 13.8. The lowest BCUT2D eigenvalue weighted by atomic mass is 10.2. The van der Waals surface area contributed by atoms with Gasteiger partial charge in [0.1, 0.15) is 0 Å². The first-order valence-electron chi connectivity index (χ1n) is 10.8. The number of carbonyl (C=O) groups excluding carboxylic acids is 2. The Morgan fingerprint density at radius 1 is 1.34 bits per heavy atom. The number of aryl methyl sites for hydroxylation is 1. The molecule has 2 amide bonds. The van der Waals surface area contributed by atoms with Crippen molar-refractivity contribution in [1.82, 2.24) is 19.7 Å². The monoisotopic (exact) mass is 502 g/mol. The Bertz CT molecular complexity index is 1400. The second kappa shape index (κ2) is 9.07. The summed E-state index contributed by atoms with van der Waals surface area (Å²) >= 11 is 1.30. The Hall–Kier alpha value is -3.84.